The first kappa shape index (κ1) is 26.4. The van der Waals surface area contributed by atoms with Gasteiger partial charge >= 0.3 is 0 Å². The first-order valence-electron chi connectivity index (χ1n) is 10.9. The minimum atomic E-state index is -0.679. The predicted octanol–water partition coefficient (Wildman–Crippen LogP) is 5.19. The molecule has 1 aliphatic rings. The second-order valence-corrected chi connectivity index (χ2v) is 8.13. The fraction of sp³-hybridized carbons (Fsp3) is 0.192. The number of benzene rings is 2. The van der Waals surface area contributed by atoms with Gasteiger partial charge in [-0.2, -0.15) is 0 Å². The van der Waals surface area contributed by atoms with Crippen molar-refractivity contribution in [2.75, 3.05) is 7.11 Å². The van der Waals surface area contributed by atoms with Crippen LogP contribution in [0, 0.1) is 0 Å². The molecule has 1 saturated carbocycles. The number of aromatic nitrogens is 2. The summed E-state index contributed by atoms with van der Waals surface area (Å²) in [6, 6.07) is 18.9. The van der Waals surface area contributed by atoms with Gasteiger partial charge in [-0.1, -0.05) is 48.5 Å². The van der Waals surface area contributed by atoms with Crippen LogP contribution in [0.1, 0.15) is 28.8 Å². The highest BCUT2D eigenvalue weighted by molar-refractivity contribution is 6.09. The van der Waals surface area contributed by atoms with E-state index in [1.165, 1.54) is 31.7 Å². The number of pyridine rings is 2. The maximum absolute atomic E-state index is 12.4. The van der Waals surface area contributed by atoms with Crippen molar-refractivity contribution in [2.45, 2.75) is 25.4 Å². The highest BCUT2D eigenvalue weighted by Crippen LogP contribution is 2.36. The third-order valence-electron chi connectivity index (χ3n) is 5.89. The fourth-order valence-corrected chi connectivity index (χ4v) is 3.95. The van der Waals surface area contributed by atoms with Crippen LogP contribution in [-0.4, -0.2) is 34.2 Å². The Morgan fingerprint density at radius 2 is 1.63 bits per heavy atom. The number of carbonyl (C=O) groups is 1. The molecule has 0 atom stereocenters. The summed E-state index contributed by atoms with van der Waals surface area (Å²) in [7, 11) is 1.48. The maximum Gasteiger partial charge on any atom is 0.279 e. The van der Waals surface area contributed by atoms with E-state index < -0.39 is 5.91 Å². The lowest BCUT2D eigenvalue weighted by Crippen LogP contribution is -2.20. The fourth-order valence-electron chi connectivity index (χ4n) is 3.95. The topological polar surface area (TPSA) is 96.4 Å². The van der Waals surface area contributed by atoms with Gasteiger partial charge in [0.2, 0.25) is 0 Å². The van der Waals surface area contributed by atoms with Gasteiger partial charge in [0.1, 0.15) is 5.69 Å². The van der Waals surface area contributed by atoms with E-state index in [1.54, 1.807) is 17.7 Å². The van der Waals surface area contributed by atoms with Crippen LogP contribution in [0.3, 0.4) is 0 Å². The lowest BCUT2D eigenvalue weighted by Gasteiger charge is -2.15. The van der Waals surface area contributed by atoms with Crippen molar-refractivity contribution < 1.29 is 14.7 Å². The molecule has 182 valence electrons. The van der Waals surface area contributed by atoms with Gasteiger partial charge in [0, 0.05) is 35.9 Å². The molecule has 1 aliphatic carbocycles. The first-order chi connectivity index (χ1) is 16.2. The molecule has 35 heavy (non-hydrogen) atoms. The Morgan fingerprint density at radius 3 is 2.23 bits per heavy atom. The molecule has 1 amide bonds. The number of hydrogen-bond acceptors (Lipinski definition) is 6. The number of nitrogens with one attached hydrogen (secondary N) is 2. The highest BCUT2D eigenvalue weighted by atomic mass is 35.5. The van der Waals surface area contributed by atoms with Crippen molar-refractivity contribution in [2.24, 2.45) is 0 Å². The number of fused-ring (bicyclic) bond motifs is 1. The molecule has 2 heterocycles. The molecule has 9 heteroatoms. The summed E-state index contributed by atoms with van der Waals surface area (Å²) >= 11 is 0. The first-order valence-corrected chi connectivity index (χ1v) is 10.9. The number of nitrogens with zero attached hydrogens (tertiary/aromatic N) is 2. The average Bonchev–Trinajstić information content (AvgIpc) is 3.71. The molecule has 0 aliphatic heterocycles. The van der Waals surface area contributed by atoms with Gasteiger partial charge in [0.05, 0.1) is 18.2 Å². The van der Waals surface area contributed by atoms with Gasteiger partial charge in [-0.25, -0.2) is 10.5 Å². The summed E-state index contributed by atoms with van der Waals surface area (Å²) < 4.78 is 5.57. The van der Waals surface area contributed by atoms with Crippen molar-refractivity contribution in [3.05, 3.63) is 78.1 Å². The number of carbonyl (C=O) groups excluding carboxylic acids is 1. The molecule has 0 saturated heterocycles. The molecule has 2 aromatic heterocycles. The van der Waals surface area contributed by atoms with Crippen LogP contribution in [0.5, 0.6) is 5.75 Å². The van der Waals surface area contributed by atoms with Crippen LogP contribution >= 0.6 is 24.8 Å². The summed E-state index contributed by atoms with van der Waals surface area (Å²) in [5.41, 5.74) is 7.27. The Hall–Kier alpha value is -3.23. The van der Waals surface area contributed by atoms with Crippen LogP contribution in [0.25, 0.3) is 33.3 Å². The van der Waals surface area contributed by atoms with Crippen molar-refractivity contribution in [3.63, 3.8) is 0 Å². The second kappa shape index (κ2) is 11.5. The largest absolute Gasteiger partial charge is 0.494 e. The van der Waals surface area contributed by atoms with E-state index in [9.17, 15) is 10.0 Å². The van der Waals surface area contributed by atoms with Crippen molar-refractivity contribution in [1.82, 2.24) is 20.8 Å². The number of hydroxylamine groups is 1. The molecule has 0 unspecified atom stereocenters. The van der Waals surface area contributed by atoms with E-state index in [1.807, 2.05) is 24.3 Å². The average molecular weight is 513 g/mol. The SMILES string of the molecule is COc1c(-c2ccc(-c3ccc(CNC4CC4)cc3)cc2)nc2ccncc2c1C(=O)NO.Cl.Cl. The van der Waals surface area contributed by atoms with Gasteiger partial charge < -0.3 is 10.1 Å². The summed E-state index contributed by atoms with van der Waals surface area (Å²) in [5.74, 6) is -0.399. The van der Waals surface area contributed by atoms with Gasteiger partial charge in [-0.05, 0) is 35.6 Å². The molecule has 0 bridgehead atoms. The number of ether oxygens (including phenoxy) is 1. The lowest BCUT2D eigenvalue weighted by atomic mass is 9.99. The quantitative estimate of drug-likeness (QED) is 0.233. The minimum absolute atomic E-state index is 0. The molecular formula is C26H26Cl2N4O3. The number of methoxy groups -OCH3 is 1. The summed E-state index contributed by atoms with van der Waals surface area (Å²) in [4.78, 5) is 21.2. The minimum Gasteiger partial charge on any atom is -0.494 e. The third kappa shape index (κ3) is 5.55. The van der Waals surface area contributed by atoms with Gasteiger partial charge in [0.25, 0.3) is 5.91 Å². The van der Waals surface area contributed by atoms with Crippen LogP contribution in [0.15, 0.2) is 67.0 Å². The zero-order valence-electron chi connectivity index (χ0n) is 19.0. The van der Waals surface area contributed by atoms with Gasteiger partial charge in [-0.3, -0.25) is 15.0 Å². The second-order valence-electron chi connectivity index (χ2n) is 8.13. The number of amides is 1. The van der Waals surface area contributed by atoms with Crippen molar-refractivity contribution in [1.29, 1.82) is 0 Å². The summed E-state index contributed by atoms with van der Waals surface area (Å²) in [6.45, 7) is 0.899. The Morgan fingerprint density at radius 1 is 1.00 bits per heavy atom. The molecule has 4 aromatic rings. The normalized spacial score (nSPS) is 12.4. The highest BCUT2D eigenvalue weighted by Gasteiger charge is 2.23. The van der Waals surface area contributed by atoms with E-state index in [0.29, 0.717) is 22.6 Å². The Bertz CT molecular complexity index is 1310. The van der Waals surface area contributed by atoms with Crippen molar-refractivity contribution in [3.8, 4) is 28.1 Å². The Kier molecular flexibility index (Phi) is 8.64. The zero-order chi connectivity index (χ0) is 22.8. The molecule has 0 radical (unpaired) electrons. The van der Waals surface area contributed by atoms with E-state index in [0.717, 1.165) is 23.2 Å². The Labute approximate surface area is 215 Å². The molecular weight excluding hydrogens is 487 g/mol. The number of hydrogen-bond donors (Lipinski definition) is 3. The monoisotopic (exact) mass is 512 g/mol. The number of halogens is 2. The van der Waals surface area contributed by atoms with Crippen LogP contribution in [0.2, 0.25) is 0 Å². The van der Waals surface area contributed by atoms with E-state index in [4.69, 9.17) is 9.72 Å². The molecule has 1 fully saturated rings. The van der Waals surface area contributed by atoms with Gasteiger partial charge in [-0.15, -0.1) is 24.8 Å². The van der Waals surface area contributed by atoms with Crippen LogP contribution in [0.4, 0.5) is 0 Å². The number of rotatable bonds is 7. The molecule has 2 aromatic carbocycles. The van der Waals surface area contributed by atoms with E-state index in [-0.39, 0.29) is 36.1 Å². The zero-order valence-corrected chi connectivity index (χ0v) is 20.7. The molecule has 7 nitrogen and oxygen atoms in total. The maximum atomic E-state index is 12.4. The molecule has 3 N–H and O–H groups in total. The summed E-state index contributed by atoms with van der Waals surface area (Å²) in [6.07, 6.45) is 5.71. The Balaban J connectivity index is 0.00000171. The predicted molar refractivity (Wildman–Crippen MR) is 141 cm³/mol. The van der Waals surface area contributed by atoms with Crippen LogP contribution < -0.4 is 15.5 Å². The van der Waals surface area contributed by atoms with E-state index >= 15 is 0 Å². The summed E-state index contributed by atoms with van der Waals surface area (Å²) in [5, 5.41) is 13.3. The lowest BCUT2D eigenvalue weighted by molar-refractivity contribution is 0.0705. The van der Waals surface area contributed by atoms with E-state index in [2.05, 4.69) is 34.6 Å². The van der Waals surface area contributed by atoms with Crippen LogP contribution in [-0.2, 0) is 6.54 Å². The smallest absolute Gasteiger partial charge is 0.279 e. The third-order valence-corrected chi connectivity index (χ3v) is 5.89. The molecule has 0 spiro atoms. The molecule has 5 rings (SSSR count). The standard InChI is InChI=1S/C26H24N4O3.2ClH/c1-33-25-23(26(31)30-32)21-15-27-13-12-22(21)29-24(25)19-8-6-18(7-9-19)17-4-2-16(3-5-17)14-28-20-10-11-20;;/h2-9,12-13,15,20,28,32H,10-11,14H2,1H3,(H,30,31);2*1H. The van der Waals surface area contributed by atoms with Crippen molar-refractivity contribution >= 4 is 41.6 Å². The van der Waals surface area contributed by atoms with Gasteiger partial charge in [0.15, 0.2) is 5.75 Å².